The van der Waals surface area contributed by atoms with Crippen LogP contribution in [-0.4, -0.2) is 68.1 Å². The van der Waals surface area contributed by atoms with Crippen LogP contribution in [0.1, 0.15) is 44.0 Å². The molecule has 0 aliphatic rings. The largest absolute Gasteiger partial charge is 0.493 e. The lowest BCUT2D eigenvalue weighted by Crippen LogP contribution is -2.27. The third-order valence-electron chi connectivity index (χ3n) is 7.86. The quantitative estimate of drug-likeness (QED) is 0.0942. The number of ether oxygens (including phenoxy) is 3. The molecule has 5 aromatic rings. The number of carboxylic acids is 1. The molecular formula is C37H41N3O6. The molecule has 5 N–H and O–H groups in total. The van der Waals surface area contributed by atoms with Crippen LogP contribution in [0.2, 0.25) is 0 Å². The zero-order chi connectivity index (χ0) is 32.1. The summed E-state index contributed by atoms with van der Waals surface area (Å²) in [4.78, 5) is 28.1. The molecule has 4 aromatic carbocycles. The van der Waals surface area contributed by atoms with Gasteiger partial charge >= 0.3 is 5.97 Å². The zero-order valence-corrected chi connectivity index (χ0v) is 25.9. The Balaban J connectivity index is 1.18. The number of carbonyl (C=O) groups is 2. The maximum absolute atomic E-state index is 12.7. The van der Waals surface area contributed by atoms with Crippen molar-refractivity contribution in [3.05, 3.63) is 113 Å². The number of carbonyl (C=O) groups excluding carboxylic acids is 1. The smallest absolute Gasteiger partial charge is 0.352 e. The number of amides is 1. The molecule has 0 aliphatic heterocycles. The number of fused-ring (bicyclic) bond motifs is 2. The summed E-state index contributed by atoms with van der Waals surface area (Å²) in [6, 6.07) is 27.6. The van der Waals surface area contributed by atoms with E-state index in [4.69, 9.17) is 19.9 Å². The number of aromatic amines is 1. The first-order chi connectivity index (χ1) is 22.5. The molecule has 0 saturated heterocycles. The Morgan fingerprint density at radius 2 is 1.54 bits per heavy atom. The predicted octanol–water partition coefficient (Wildman–Crippen LogP) is 5.54. The van der Waals surface area contributed by atoms with Crippen molar-refractivity contribution >= 4 is 33.6 Å². The molecule has 5 rings (SSSR count). The number of H-pyrrole nitrogens is 1. The van der Waals surface area contributed by atoms with Crippen LogP contribution in [0.4, 0.5) is 0 Å². The van der Waals surface area contributed by atoms with Gasteiger partial charge in [0, 0.05) is 34.9 Å². The van der Waals surface area contributed by atoms with E-state index in [0.29, 0.717) is 77.4 Å². The molecule has 1 heterocycles. The number of aromatic nitrogens is 1. The van der Waals surface area contributed by atoms with Gasteiger partial charge in [0.25, 0.3) is 5.91 Å². The molecule has 0 spiro atoms. The first kappa shape index (κ1) is 32.7. The van der Waals surface area contributed by atoms with Gasteiger partial charge in [-0.15, -0.1) is 0 Å². The van der Waals surface area contributed by atoms with Crippen molar-refractivity contribution in [2.75, 3.05) is 46.1 Å². The second-order valence-corrected chi connectivity index (χ2v) is 11.0. The lowest BCUT2D eigenvalue weighted by Gasteiger charge is -2.10. The molecule has 1 aromatic heterocycles. The first-order valence-corrected chi connectivity index (χ1v) is 15.7. The lowest BCUT2D eigenvalue weighted by atomic mass is 9.99. The summed E-state index contributed by atoms with van der Waals surface area (Å²) in [6.45, 7) is 3.19. The second-order valence-electron chi connectivity index (χ2n) is 11.0. The highest BCUT2D eigenvalue weighted by Crippen LogP contribution is 2.29. The number of nitrogens with two attached hydrogens (primary N) is 1. The minimum Gasteiger partial charge on any atom is -0.493 e. The molecule has 0 fully saturated rings. The third-order valence-corrected chi connectivity index (χ3v) is 7.86. The highest BCUT2D eigenvalue weighted by Gasteiger charge is 2.19. The van der Waals surface area contributed by atoms with Crippen molar-refractivity contribution < 1.29 is 28.9 Å². The van der Waals surface area contributed by atoms with Crippen LogP contribution in [0.15, 0.2) is 84.9 Å². The van der Waals surface area contributed by atoms with Crippen molar-refractivity contribution in [2.24, 2.45) is 5.73 Å². The van der Waals surface area contributed by atoms with E-state index in [2.05, 4.69) is 22.4 Å². The number of hydrogen-bond acceptors (Lipinski definition) is 6. The van der Waals surface area contributed by atoms with Gasteiger partial charge in [0.15, 0.2) is 0 Å². The van der Waals surface area contributed by atoms with Crippen LogP contribution < -0.4 is 15.8 Å². The van der Waals surface area contributed by atoms with Crippen LogP contribution in [-0.2, 0) is 28.7 Å². The van der Waals surface area contributed by atoms with Crippen LogP contribution in [0.3, 0.4) is 0 Å². The fourth-order valence-corrected chi connectivity index (χ4v) is 5.63. The summed E-state index contributed by atoms with van der Waals surface area (Å²) in [7, 11) is 0. The second kappa shape index (κ2) is 16.6. The van der Waals surface area contributed by atoms with E-state index in [1.807, 2.05) is 66.7 Å². The normalized spacial score (nSPS) is 11.2. The average molecular weight is 624 g/mol. The van der Waals surface area contributed by atoms with Crippen molar-refractivity contribution in [2.45, 2.75) is 25.7 Å². The fourth-order valence-electron chi connectivity index (χ4n) is 5.63. The first-order valence-electron chi connectivity index (χ1n) is 15.7. The minimum absolute atomic E-state index is 0.156. The summed E-state index contributed by atoms with van der Waals surface area (Å²) >= 11 is 0. The van der Waals surface area contributed by atoms with Crippen molar-refractivity contribution in [1.82, 2.24) is 10.3 Å². The van der Waals surface area contributed by atoms with E-state index in [0.717, 1.165) is 44.1 Å². The van der Waals surface area contributed by atoms with E-state index in [-0.39, 0.29) is 11.6 Å². The summed E-state index contributed by atoms with van der Waals surface area (Å²) in [6.07, 6.45) is 2.62. The summed E-state index contributed by atoms with van der Waals surface area (Å²) < 4.78 is 16.9. The fraction of sp³-hybridized carbons (Fsp3) is 0.297. The molecular weight excluding hydrogens is 582 g/mol. The van der Waals surface area contributed by atoms with Gasteiger partial charge in [0.1, 0.15) is 11.4 Å². The van der Waals surface area contributed by atoms with Gasteiger partial charge in [-0.1, -0.05) is 66.7 Å². The van der Waals surface area contributed by atoms with Crippen LogP contribution in [0.5, 0.6) is 5.75 Å². The number of aromatic carboxylic acids is 1. The monoisotopic (exact) mass is 623 g/mol. The lowest BCUT2D eigenvalue weighted by molar-refractivity contribution is 0.0511. The van der Waals surface area contributed by atoms with E-state index < -0.39 is 5.97 Å². The maximum Gasteiger partial charge on any atom is 0.352 e. The number of carboxylic acid groups (broad SMARTS) is 1. The number of para-hydroxylation sites is 1. The minimum atomic E-state index is -0.976. The molecule has 0 atom stereocenters. The van der Waals surface area contributed by atoms with Gasteiger partial charge in [-0.2, -0.15) is 0 Å². The van der Waals surface area contributed by atoms with Crippen LogP contribution in [0, 0.1) is 0 Å². The van der Waals surface area contributed by atoms with Gasteiger partial charge in [0.2, 0.25) is 0 Å². The van der Waals surface area contributed by atoms with Crippen molar-refractivity contribution in [1.29, 1.82) is 0 Å². The topological polar surface area (TPSA) is 136 Å². The Bertz CT molecular complexity index is 1760. The highest BCUT2D eigenvalue weighted by molar-refractivity contribution is 5.98. The van der Waals surface area contributed by atoms with Gasteiger partial charge in [-0.05, 0) is 66.0 Å². The number of rotatable bonds is 18. The summed E-state index contributed by atoms with van der Waals surface area (Å²) in [5.41, 5.74) is 9.87. The standard InChI is InChI=1S/C37H41N3O6/c38-18-21-44-23-24-45-22-19-39-36(41)29-11-3-7-26(25-29)16-17-28-10-4-13-31-32(35(37(42)43)40-34(28)31)14-6-20-46-33-15-5-9-27-8-1-2-12-30(27)33/h1-5,7-13,15,25,40H,6,14,16-24,38H2,(H,39,41)(H,42,43). The summed E-state index contributed by atoms with van der Waals surface area (Å²) in [5.74, 6) is -0.304. The molecule has 0 aliphatic carbocycles. The molecule has 9 nitrogen and oxygen atoms in total. The molecule has 240 valence electrons. The van der Waals surface area contributed by atoms with Gasteiger partial charge in [0.05, 0.1) is 33.0 Å². The van der Waals surface area contributed by atoms with E-state index in [1.54, 1.807) is 6.07 Å². The van der Waals surface area contributed by atoms with Crippen molar-refractivity contribution in [3.8, 4) is 5.75 Å². The molecule has 0 unspecified atom stereocenters. The van der Waals surface area contributed by atoms with Crippen molar-refractivity contribution in [3.63, 3.8) is 0 Å². The van der Waals surface area contributed by atoms with E-state index in [1.165, 1.54) is 0 Å². The third kappa shape index (κ3) is 8.51. The van der Waals surface area contributed by atoms with E-state index >= 15 is 0 Å². The van der Waals surface area contributed by atoms with Crippen LogP contribution in [0.25, 0.3) is 21.7 Å². The molecule has 0 radical (unpaired) electrons. The Morgan fingerprint density at radius 1 is 0.783 bits per heavy atom. The van der Waals surface area contributed by atoms with Gasteiger partial charge in [-0.3, -0.25) is 4.79 Å². The van der Waals surface area contributed by atoms with Gasteiger partial charge in [-0.25, -0.2) is 4.79 Å². The van der Waals surface area contributed by atoms with Crippen LogP contribution >= 0.6 is 0 Å². The Labute approximate surface area is 268 Å². The number of aryl methyl sites for hydroxylation is 3. The molecule has 0 bridgehead atoms. The molecule has 9 heteroatoms. The predicted molar refractivity (Wildman–Crippen MR) is 180 cm³/mol. The Morgan fingerprint density at radius 3 is 2.39 bits per heavy atom. The summed E-state index contributed by atoms with van der Waals surface area (Å²) in [5, 5.41) is 16.0. The number of hydrogen-bond donors (Lipinski definition) is 4. The van der Waals surface area contributed by atoms with Gasteiger partial charge < -0.3 is 35.4 Å². The molecule has 0 saturated carbocycles. The number of benzene rings is 4. The number of nitrogens with one attached hydrogen (secondary N) is 2. The molecule has 1 amide bonds. The Hall–Kier alpha value is -4.70. The Kier molecular flexibility index (Phi) is 11.8. The molecule has 46 heavy (non-hydrogen) atoms. The average Bonchev–Trinajstić information content (AvgIpc) is 3.46. The zero-order valence-electron chi connectivity index (χ0n) is 25.9. The SMILES string of the molecule is NCCOCCOCCNC(=O)c1cccc(CCc2cccc3c(CCCOc4cccc5ccccc45)c(C(=O)O)[nH]c23)c1. The van der Waals surface area contributed by atoms with E-state index in [9.17, 15) is 14.7 Å². The maximum atomic E-state index is 12.7. The highest BCUT2D eigenvalue weighted by atomic mass is 16.5.